The van der Waals surface area contributed by atoms with Gasteiger partial charge in [0, 0.05) is 23.3 Å². The molecule has 0 radical (unpaired) electrons. The van der Waals surface area contributed by atoms with Gasteiger partial charge in [-0.15, -0.1) is 11.3 Å². The Morgan fingerprint density at radius 2 is 2.03 bits per heavy atom. The predicted octanol–water partition coefficient (Wildman–Crippen LogP) is 2.98. The summed E-state index contributed by atoms with van der Waals surface area (Å²) in [5.74, 6) is -0.307. The van der Waals surface area contributed by atoms with Crippen LogP contribution in [-0.4, -0.2) is 58.8 Å². The minimum atomic E-state index is -0.606. The van der Waals surface area contributed by atoms with E-state index in [-0.39, 0.29) is 36.2 Å². The molecule has 2 amide bonds. The van der Waals surface area contributed by atoms with Crippen LogP contribution < -0.4 is 5.32 Å². The van der Waals surface area contributed by atoms with Gasteiger partial charge in [-0.05, 0) is 61.9 Å². The molecule has 2 aromatic rings. The van der Waals surface area contributed by atoms with Gasteiger partial charge in [0.05, 0.1) is 11.0 Å². The number of aryl methyl sites for hydroxylation is 1. The quantitative estimate of drug-likeness (QED) is 0.752. The van der Waals surface area contributed by atoms with Gasteiger partial charge in [-0.1, -0.05) is 12.8 Å². The van der Waals surface area contributed by atoms with E-state index in [1.54, 1.807) is 11.1 Å². The van der Waals surface area contributed by atoms with Crippen molar-refractivity contribution in [2.24, 2.45) is 5.92 Å². The van der Waals surface area contributed by atoms with Gasteiger partial charge in [-0.25, -0.2) is 0 Å². The molecule has 3 unspecified atom stereocenters. The summed E-state index contributed by atoms with van der Waals surface area (Å²) in [4.78, 5) is 46.5. The van der Waals surface area contributed by atoms with Crippen molar-refractivity contribution < 1.29 is 19.1 Å². The summed E-state index contributed by atoms with van der Waals surface area (Å²) in [7, 11) is 0. The zero-order chi connectivity index (χ0) is 22.2. The number of ether oxygens (including phenoxy) is 1. The SMILES string of the molecule is Cc1cc(-c2ccc(C(=O)NC(C(=O)N3CCC4OCC(=O)C43)C3CCCC3)s2)ccn1. The summed E-state index contributed by atoms with van der Waals surface area (Å²) in [6.07, 6.45) is 6.18. The Bertz CT molecular complexity index is 1050. The van der Waals surface area contributed by atoms with E-state index >= 15 is 0 Å². The van der Waals surface area contributed by atoms with Gasteiger partial charge in [0.2, 0.25) is 5.91 Å². The van der Waals surface area contributed by atoms with Crippen LogP contribution in [0.15, 0.2) is 30.5 Å². The molecule has 2 aliphatic heterocycles. The van der Waals surface area contributed by atoms with Gasteiger partial charge in [-0.3, -0.25) is 19.4 Å². The van der Waals surface area contributed by atoms with E-state index < -0.39 is 12.1 Å². The highest BCUT2D eigenvalue weighted by molar-refractivity contribution is 7.17. The first-order valence-corrected chi connectivity index (χ1v) is 12.1. The third-order valence-corrected chi connectivity index (χ3v) is 7.96. The summed E-state index contributed by atoms with van der Waals surface area (Å²) >= 11 is 1.41. The highest BCUT2D eigenvalue weighted by Gasteiger charge is 2.49. The fourth-order valence-corrected chi connectivity index (χ4v) is 6.12. The molecule has 168 valence electrons. The molecule has 3 fully saturated rings. The number of amides is 2. The molecule has 32 heavy (non-hydrogen) atoms. The number of thiophene rings is 1. The highest BCUT2D eigenvalue weighted by Crippen LogP contribution is 2.33. The molecule has 0 aromatic carbocycles. The predicted molar refractivity (Wildman–Crippen MR) is 120 cm³/mol. The second-order valence-corrected chi connectivity index (χ2v) is 10.0. The lowest BCUT2D eigenvalue weighted by Gasteiger charge is -2.30. The molecule has 1 N–H and O–H groups in total. The van der Waals surface area contributed by atoms with Crippen LogP contribution in [0, 0.1) is 12.8 Å². The number of carbonyl (C=O) groups is 3. The Morgan fingerprint density at radius 1 is 1.22 bits per heavy atom. The second-order valence-electron chi connectivity index (χ2n) is 8.93. The zero-order valence-corrected chi connectivity index (χ0v) is 18.9. The Balaban J connectivity index is 1.35. The molecule has 8 heteroatoms. The van der Waals surface area contributed by atoms with Crippen LogP contribution in [0.1, 0.15) is 47.5 Å². The number of nitrogens with zero attached hydrogens (tertiary/aromatic N) is 2. The number of Topliss-reactive ketones (excluding diaryl/α,β-unsaturated/α-hetero) is 1. The van der Waals surface area contributed by atoms with Crippen LogP contribution in [0.3, 0.4) is 0 Å². The molecule has 0 spiro atoms. The molecule has 1 aliphatic carbocycles. The van der Waals surface area contributed by atoms with Gasteiger partial charge in [0.25, 0.3) is 5.91 Å². The van der Waals surface area contributed by atoms with E-state index in [2.05, 4.69) is 10.3 Å². The number of pyridine rings is 1. The largest absolute Gasteiger partial charge is 0.368 e. The third kappa shape index (κ3) is 3.97. The minimum Gasteiger partial charge on any atom is -0.368 e. The average molecular weight is 454 g/mol. The number of likely N-dealkylation sites (tertiary alicyclic amines) is 1. The van der Waals surface area contributed by atoms with Crippen LogP contribution in [0.5, 0.6) is 0 Å². The molecular weight excluding hydrogens is 426 g/mol. The molecule has 3 atom stereocenters. The first kappa shape index (κ1) is 21.3. The summed E-state index contributed by atoms with van der Waals surface area (Å²) in [6.45, 7) is 2.52. The van der Waals surface area contributed by atoms with Crippen molar-refractivity contribution in [1.29, 1.82) is 0 Å². The number of ketones is 1. The number of nitrogens with one attached hydrogen (secondary N) is 1. The van der Waals surface area contributed by atoms with Crippen molar-refractivity contribution in [3.05, 3.63) is 41.0 Å². The van der Waals surface area contributed by atoms with Gasteiger partial charge in [-0.2, -0.15) is 0 Å². The summed E-state index contributed by atoms with van der Waals surface area (Å²) in [6, 6.07) is 6.55. The first-order valence-electron chi connectivity index (χ1n) is 11.3. The van der Waals surface area contributed by atoms with E-state index in [1.165, 1.54) is 11.3 Å². The molecule has 1 saturated carbocycles. The van der Waals surface area contributed by atoms with E-state index in [1.807, 2.05) is 31.2 Å². The van der Waals surface area contributed by atoms with Crippen molar-refractivity contribution in [3.8, 4) is 10.4 Å². The Morgan fingerprint density at radius 3 is 2.81 bits per heavy atom. The van der Waals surface area contributed by atoms with Gasteiger partial charge in [0.1, 0.15) is 18.7 Å². The Labute approximate surface area is 191 Å². The van der Waals surface area contributed by atoms with Crippen LogP contribution >= 0.6 is 11.3 Å². The van der Waals surface area contributed by atoms with Crippen LogP contribution in [-0.2, 0) is 14.3 Å². The molecule has 2 saturated heterocycles. The number of hydrogen-bond acceptors (Lipinski definition) is 6. The van der Waals surface area contributed by atoms with Crippen LogP contribution in [0.2, 0.25) is 0 Å². The first-order chi connectivity index (χ1) is 15.5. The standard InChI is InChI=1S/C24H27N3O4S/c1-14-12-16(8-10-25-14)19-6-7-20(32-19)23(29)26-21(15-4-2-3-5-15)24(30)27-11-9-18-22(27)17(28)13-31-18/h6-8,10,12,15,18,21-22H,2-5,9,11,13H2,1H3,(H,26,29). The molecule has 2 aromatic heterocycles. The maximum absolute atomic E-state index is 13.6. The second kappa shape index (κ2) is 8.75. The topological polar surface area (TPSA) is 88.6 Å². The molecule has 0 bridgehead atoms. The van der Waals surface area contributed by atoms with Crippen molar-refractivity contribution in [2.75, 3.05) is 13.2 Å². The monoisotopic (exact) mass is 453 g/mol. The smallest absolute Gasteiger partial charge is 0.262 e. The van der Waals surface area contributed by atoms with Gasteiger partial charge >= 0.3 is 0 Å². The Kier molecular flexibility index (Phi) is 5.82. The number of carbonyl (C=O) groups excluding carboxylic acids is 3. The fraction of sp³-hybridized carbons (Fsp3) is 0.500. The van der Waals surface area contributed by atoms with Gasteiger partial charge < -0.3 is 15.0 Å². The summed E-state index contributed by atoms with van der Waals surface area (Å²) in [5.41, 5.74) is 1.94. The van der Waals surface area contributed by atoms with Crippen molar-refractivity contribution in [1.82, 2.24) is 15.2 Å². The zero-order valence-electron chi connectivity index (χ0n) is 18.1. The van der Waals surface area contributed by atoms with Crippen LogP contribution in [0.25, 0.3) is 10.4 Å². The summed E-state index contributed by atoms with van der Waals surface area (Å²) < 4.78 is 5.54. The van der Waals surface area contributed by atoms with E-state index in [0.717, 1.165) is 41.8 Å². The molecule has 5 rings (SSSR count). The lowest BCUT2D eigenvalue weighted by atomic mass is 9.96. The third-order valence-electron chi connectivity index (χ3n) is 6.83. The maximum Gasteiger partial charge on any atom is 0.262 e. The maximum atomic E-state index is 13.6. The van der Waals surface area contributed by atoms with Crippen molar-refractivity contribution in [2.45, 2.75) is 57.2 Å². The van der Waals surface area contributed by atoms with E-state index in [9.17, 15) is 14.4 Å². The molecule has 7 nitrogen and oxygen atoms in total. The molecule has 3 aliphatic rings. The minimum absolute atomic E-state index is 0.0344. The van der Waals surface area contributed by atoms with E-state index in [4.69, 9.17) is 4.74 Å². The lowest BCUT2D eigenvalue weighted by molar-refractivity contribution is -0.139. The number of rotatable bonds is 5. The highest BCUT2D eigenvalue weighted by atomic mass is 32.1. The lowest BCUT2D eigenvalue weighted by Crippen LogP contribution is -2.54. The van der Waals surface area contributed by atoms with Crippen LogP contribution in [0.4, 0.5) is 0 Å². The van der Waals surface area contributed by atoms with Crippen molar-refractivity contribution in [3.63, 3.8) is 0 Å². The summed E-state index contributed by atoms with van der Waals surface area (Å²) in [5, 5.41) is 3.04. The Hall–Kier alpha value is -2.58. The number of aromatic nitrogens is 1. The number of hydrogen-bond donors (Lipinski definition) is 1. The van der Waals surface area contributed by atoms with Crippen molar-refractivity contribution >= 4 is 28.9 Å². The molecule has 4 heterocycles. The number of fused-ring (bicyclic) bond motifs is 1. The van der Waals surface area contributed by atoms with Gasteiger partial charge in [0.15, 0.2) is 5.78 Å². The fourth-order valence-electron chi connectivity index (χ4n) is 5.22. The van der Waals surface area contributed by atoms with E-state index in [0.29, 0.717) is 17.8 Å². The normalized spacial score (nSPS) is 24.0. The average Bonchev–Trinajstić information content (AvgIpc) is 3.58. The molecular formula is C24H27N3O4S.